The lowest BCUT2D eigenvalue weighted by Gasteiger charge is -2.16. The molecule has 2 rings (SSSR count). The van der Waals surface area contributed by atoms with Crippen LogP contribution in [-0.2, 0) is 4.79 Å². The summed E-state index contributed by atoms with van der Waals surface area (Å²) in [5, 5.41) is 11.8. The van der Waals surface area contributed by atoms with Crippen molar-refractivity contribution in [3.05, 3.63) is 41.5 Å². The van der Waals surface area contributed by atoms with Crippen molar-refractivity contribution < 1.29 is 28.5 Å². The van der Waals surface area contributed by atoms with E-state index in [0.717, 1.165) is 0 Å². The molecule has 0 aliphatic carbocycles. The Morgan fingerprint density at radius 1 is 1.07 bits per heavy atom. The highest BCUT2D eigenvalue weighted by Crippen LogP contribution is 2.39. The van der Waals surface area contributed by atoms with E-state index in [1.165, 1.54) is 32.4 Å². The molecular formula is C20H21N3O6. The van der Waals surface area contributed by atoms with E-state index in [0.29, 0.717) is 23.6 Å². The second kappa shape index (κ2) is 9.85. The molecule has 29 heavy (non-hydrogen) atoms. The smallest absolute Gasteiger partial charge is 0.256 e. The van der Waals surface area contributed by atoms with Crippen LogP contribution < -0.4 is 30.0 Å². The van der Waals surface area contributed by atoms with E-state index in [9.17, 15) is 9.59 Å². The van der Waals surface area contributed by atoms with Crippen LogP contribution in [0.4, 0.5) is 5.69 Å². The first kappa shape index (κ1) is 21.4. The number of methoxy groups -OCH3 is 2. The van der Waals surface area contributed by atoms with Gasteiger partial charge < -0.3 is 30.0 Å². The minimum atomic E-state index is -0.670. The molecule has 0 saturated carbocycles. The van der Waals surface area contributed by atoms with E-state index in [1.54, 1.807) is 12.1 Å². The van der Waals surface area contributed by atoms with Crippen molar-refractivity contribution in [2.45, 2.75) is 6.92 Å². The van der Waals surface area contributed by atoms with Gasteiger partial charge in [0.05, 0.1) is 38.1 Å². The van der Waals surface area contributed by atoms with E-state index < -0.39 is 11.8 Å². The predicted molar refractivity (Wildman–Crippen MR) is 105 cm³/mol. The summed E-state index contributed by atoms with van der Waals surface area (Å²) in [7, 11) is 2.77. The van der Waals surface area contributed by atoms with E-state index in [-0.39, 0.29) is 29.4 Å². The number of nitriles is 1. The Morgan fingerprint density at radius 3 is 2.24 bits per heavy atom. The number of nitrogens with zero attached hydrogens (tertiary/aromatic N) is 1. The number of benzene rings is 2. The number of anilines is 1. The zero-order valence-electron chi connectivity index (χ0n) is 16.3. The average Bonchev–Trinajstić information content (AvgIpc) is 2.72. The second-order valence-corrected chi connectivity index (χ2v) is 5.67. The van der Waals surface area contributed by atoms with Crippen molar-refractivity contribution in [3.8, 4) is 29.1 Å². The molecule has 3 N–H and O–H groups in total. The van der Waals surface area contributed by atoms with E-state index in [4.69, 9.17) is 29.9 Å². The summed E-state index contributed by atoms with van der Waals surface area (Å²) in [6.07, 6.45) is 0. The first-order chi connectivity index (χ1) is 13.9. The molecule has 0 aliphatic heterocycles. The number of amides is 2. The highest BCUT2D eigenvalue weighted by molar-refractivity contribution is 6.06. The number of primary amides is 1. The van der Waals surface area contributed by atoms with Gasteiger partial charge in [-0.15, -0.1) is 0 Å². The largest absolute Gasteiger partial charge is 0.493 e. The third-order valence-corrected chi connectivity index (χ3v) is 3.74. The fourth-order valence-corrected chi connectivity index (χ4v) is 2.47. The lowest BCUT2D eigenvalue weighted by Crippen LogP contribution is -2.20. The summed E-state index contributed by atoms with van der Waals surface area (Å²) in [6, 6.07) is 9.60. The van der Waals surface area contributed by atoms with Crippen molar-refractivity contribution in [1.29, 1.82) is 5.26 Å². The van der Waals surface area contributed by atoms with Gasteiger partial charge in [0.25, 0.3) is 11.8 Å². The summed E-state index contributed by atoms with van der Waals surface area (Å²) in [4.78, 5) is 23.8. The van der Waals surface area contributed by atoms with Crippen LogP contribution in [0.25, 0.3) is 0 Å². The number of nitrogens with two attached hydrogens (primary N) is 1. The van der Waals surface area contributed by atoms with Gasteiger partial charge in [0.15, 0.2) is 18.1 Å². The summed E-state index contributed by atoms with van der Waals surface area (Å²) in [5.41, 5.74) is 6.03. The van der Waals surface area contributed by atoms with Crippen molar-refractivity contribution in [2.24, 2.45) is 5.73 Å². The van der Waals surface area contributed by atoms with Crippen LogP contribution in [0, 0.1) is 11.3 Å². The zero-order valence-corrected chi connectivity index (χ0v) is 16.3. The highest BCUT2D eigenvalue weighted by atomic mass is 16.5. The molecule has 2 aromatic rings. The van der Waals surface area contributed by atoms with E-state index in [2.05, 4.69) is 5.32 Å². The van der Waals surface area contributed by atoms with Crippen LogP contribution in [-0.4, -0.2) is 39.2 Å². The molecular weight excluding hydrogens is 378 g/mol. The molecule has 0 radical (unpaired) electrons. The average molecular weight is 399 g/mol. The minimum absolute atomic E-state index is 0.145. The summed E-state index contributed by atoms with van der Waals surface area (Å²) < 4.78 is 21.3. The van der Waals surface area contributed by atoms with Crippen molar-refractivity contribution >= 4 is 17.5 Å². The Hall–Kier alpha value is -3.93. The molecule has 0 heterocycles. The van der Waals surface area contributed by atoms with Gasteiger partial charge in [-0.3, -0.25) is 9.59 Å². The van der Waals surface area contributed by atoms with E-state index >= 15 is 0 Å². The van der Waals surface area contributed by atoms with Gasteiger partial charge in [0.2, 0.25) is 5.75 Å². The Kier molecular flexibility index (Phi) is 7.26. The number of carbonyl (C=O) groups is 2. The van der Waals surface area contributed by atoms with Crippen LogP contribution in [0.2, 0.25) is 0 Å². The van der Waals surface area contributed by atoms with Gasteiger partial charge >= 0.3 is 0 Å². The van der Waals surface area contributed by atoms with E-state index in [1.807, 2.05) is 13.0 Å². The molecule has 2 amide bonds. The first-order valence-electron chi connectivity index (χ1n) is 8.58. The number of carbonyl (C=O) groups excluding carboxylic acids is 2. The molecule has 152 valence electrons. The number of nitrogens with one attached hydrogen (secondary N) is 1. The Bertz CT molecular complexity index is 927. The third-order valence-electron chi connectivity index (χ3n) is 3.74. The molecule has 9 nitrogen and oxygen atoms in total. The lowest BCUT2D eigenvalue weighted by atomic mass is 10.1. The lowest BCUT2D eigenvalue weighted by molar-refractivity contribution is -0.120. The maximum atomic E-state index is 12.8. The summed E-state index contributed by atoms with van der Waals surface area (Å²) in [5.74, 6) is -0.207. The van der Waals surface area contributed by atoms with Gasteiger partial charge in [-0.25, -0.2) is 0 Å². The Balaban J connectivity index is 2.38. The van der Waals surface area contributed by atoms with Crippen LogP contribution in [0.15, 0.2) is 30.3 Å². The Labute approximate surface area is 167 Å². The maximum absolute atomic E-state index is 12.8. The topological polar surface area (TPSA) is 133 Å². The van der Waals surface area contributed by atoms with Gasteiger partial charge in [-0.2, -0.15) is 5.26 Å². The molecule has 0 atom stereocenters. The molecule has 9 heteroatoms. The molecule has 0 aliphatic rings. The second-order valence-electron chi connectivity index (χ2n) is 5.67. The summed E-state index contributed by atoms with van der Waals surface area (Å²) >= 11 is 0. The molecule has 2 aromatic carbocycles. The monoisotopic (exact) mass is 399 g/mol. The van der Waals surface area contributed by atoms with Crippen molar-refractivity contribution in [2.75, 3.05) is 32.8 Å². The normalized spacial score (nSPS) is 9.86. The molecule has 0 bridgehead atoms. The SMILES string of the molecule is CCOc1ccc(C#N)cc1NC(=O)c1cc(OC)c(OCC(N)=O)c(OC)c1. The van der Waals surface area contributed by atoms with Crippen molar-refractivity contribution in [1.82, 2.24) is 0 Å². The van der Waals surface area contributed by atoms with Crippen LogP contribution in [0.5, 0.6) is 23.0 Å². The molecule has 0 unspecified atom stereocenters. The number of rotatable bonds is 9. The molecule has 0 fully saturated rings. The minimum Gasteiger partial charge on any atom is -0.493 e. The fourth-order valence-electron chi connectivity index (χ4n) is 2.47. The quantitative estimate of drug-likeness (QED) is 0.659. The highest BCUT2D eigenvalue weighted by Gasteiger charge is 2.19. The Morgan fingerprint density at radius 2 is 1.72 bits per heavy atom. The van der Waals surface area contributed by atoms with Gasteiger partial charge in [0.1, 0.15) is 5.75 Å². The number of hydrogen-bond acceptors (Lipinski definition) is 7. The molecule has 0 spiro atoms. The van der Waals surface area contributed by atoms with Gasteiger partial charge in [0, 0.05) is 5.56 Å². The predicted octanol–water partition coefficient (Wildman–Crippen LogP) is 2.09. The summed E-state index contributed by atoms with van der Waals surface area (Å²) in [6.45, 7) is 1.82. The van der Waals surface area contributed by atoms with Gasteiger partial charge in [-0.1, -0.05) is 0 Å². The number of hydrogen-bond donors (Lipinski definition) is 2. The van der Waals surface area contributed by atoms with Gasteiger partial charge in [-0.05, 0) is 37.3 Å². The number of ether oxygens (including phenoxy) is 4. The maximum Gasteiger partial charge on any atom is 0.256 e. The van der Waals surface area contributed by atoms with Crippen molar-refractivity contribution in [3.63, 3.8) is 0 Å². The molecule has 0 aromatic heterocycles. The van der Waals surface area contributed by atoms with Crippen LogP contribution in [0.1, 0.15) is 22.8 Å². The third kappa shape index (κ3) is 5.29. The standard InChI is InChI=1S/C20H21N3O6/c1-4-28-15-6-5-12(10-21)7-14(15)23-20(25)13-8-16(26-2)19(17(9-13)27-3)29-11-18(22)24/h5-9H,4,11H2,1-3H3,(H2,22,24)(H,23,25). The van der Waals surface area contributed by atoms with Crippen LogP contribution >= 0.6 is 0 Å². The van der Waals surface area contributed by atoms with Crippen LogP contribution in [0.3, 0.4) is 0 Å². The molecule has 0 saturated heterocycles. The zero-order chi connectivity index (χ0) is 21.4. The first-order valence-corrected chi connectivity index (χ1v) is 8.58. The fraction of sp³-hybridized carbons (Fsp3) is 0.250.